The van der Waals surface area contributed by atoms with Gasteiger partial charge in [0, 0.05) is 5.75 Å². The van der Waals surface area contributed by atoms with Crippen LogP contribution in [0.5, 0.6) is 0 Å². The molecule has 0 aromatic carbocycles. The summed E-state index contributed by atoms with van der Waals surface area (Å²) in [5.74, 6) is 0.189. The van der Waals surface area contributed by atoms with Gasteiger partial charge in [-0.3, -0.25) is 0 Å². The van der Waals surface area contributed by atoms with Crippen molar-refractivity contribution in [2.24, 2.45) is 0 Å². The molecule has 1 aliphatic heterocycles. The third-order valence-corrected chi connectivity index (χ3v) is 3.22. The predicted molar refractivity (Wildman–Crippen MR) is 52.2 cm³/mol. The standard InChI is InChI=1S/C8H16O5S/c1-8(3-14)7(12)6(11)5(10)4(2-9)13-8/h4-7,9-12,14H,2-3H2,1H3/t4-,5-,6+,7-,8?/m1/s1. The van der Waals surface area contributed by atoms with E-state index in [4.69, 9.17) is 9.84 Å². The van der Waals surface area contributed by atoms with E-state index in [9.17, 15) is 15.3 Å². The van der Waals surface area contributed by atoms with Crippen molar-refractivity contribution >= 4 is 12.6 Å². The second-order valence-corrected chi connectivity index (χ2v) is 4.05. The fourth-order valence-corrected chi connectivity index (χ4v) is 1.79. The van der Waals surface area contributed by atoms with E-state index in [1.54, 1.807) is 6.92 Å². The number of hydrogen-bond donors (Lipinski definition) is 5. The van der Waals surface area contributed by atoms with Gasteiger partial charge in [0.1, 0.15) is 30.0 Å². The van der Waals surface area contributed by atoms with Crippen LogP contribution in [0.15, 0.2) is 0 Å². The Hall–Kier alpha value is 0.150. The Morgan fingerprint density at radius 2 is 1.86 bits per heavy atom. The molecule has 0 amide bonds. The summed E-state index contributed by atoms with van der Waals surface area (Å²) in [5, 5.41) is 37.4. The quantitative estimate of drug-likeness (QED) is 0.355. The largest absolute Gasteiger partial charge is 0.394 e. The lowest BCUT2D eigenvalue weighted by Gasteiger charge is -2.46. The Balaban J connectivity index is 2.84. The monoisotopic (exact) mass is 224 g/mol. The lowest BCUT2D eigenvalue weighted by molar-refractivity contribution is -0.260. The first-order chi connectivity index (χ1) is 6.46. The maximum absolute atomic E-state index is 9.61. The van der Waals surface area contributed by atoms with Crippen molar-refractivity contribution in [3.8, 4) is 0 Å². The van der Waals surface area contributed by atoms with Gasteiger partial charge in [-0.1, -0.05) is 0 Å². The topological polar surface area (TPSA) is 90.2 Å². The molecule has 4 N–H and O–H groups in total. The number of aliphatic hydroxyl groups is 4. The van der Waals surface area contributed by atoms with Crippen LogP contribution in [-0.4, -0.2) is 62.8 Å². The molecule has 0 aromatic rings. The van der Waals surface area contributed by atoms with E-state index in [1.807, 2.05) is 0 Å². The van der Waals surface area contributed by atoms with Crippen LogP contribution in [-0.2, 0) is 4.74 Å². The average molecular weight is 224 g/mol. The molecule has 6 heteroatoms. The first-order valence-corrected chi connectivity index (χ1v) is 5.03. The van der Waals surface area contributed by atoms with Crippen molar-refractivity contribution in [3.05, 3.63) is 0 Å². The van der Waals surface area contributed by atoms with Crippen molar-refractivity contribution in [1.29, 1.82) is 0 Å². The van der Waals surface area contributed by atoms with E-state index in [-0.39, 0.29) is 5.75 Å². The van der Waals surface area contributed by atoms with Crippen LogP contribution in [0.3, 0.4) is 0 Å². The van der Waals surface area contributed by atoms with Crippen molar-refractivity contribution in [3.63, 3.8) is 0 Å². The SMILES string of the molecule is CC1(CS)O[C@H](CO)[C@@H](O)[C@H](O)[C@H]1O. The molecule has 0 bridgehead atoms. The molecule has 1 rings (SSSR count). The van der Waals surface area contributed by atoms with Gasteiger partial charge < -0.3 is 25.2 Å². The summed E-state index contributed by atoms with van der Waals surface area (Å²) >= 11 is 4.00. The molecule has 14 heavy (non-hydrogen) atoms. The van der Waals surface area contributed by atoms with Gasteiger partial charge >= 0.3 is 0 Å². The number of hydrogen-bond acceptors (Lipinski definition) is 6. The van der Waals surface area contributed by atoms with Crippen LogP contribution in [0.1, 0.15) is 6.92 Å². The summed E-state index contributed by atoms with van der Waals surface area (Å²) in [5.41, 5.74) is -1.05. The molecule has 5 atom stereocenters. The van der Waals surface area contributed by atoms with Crippen LogP contribution in [0.2, 0.25) is 0 Å². The predicted octanol–water partition coefficient (Wildman–Crippen LogP) is -1.85. The molecular formula is C8H16O5S. The fraction of sp³-hybridized carbons (Fsp3) is 1.00. The summed E-state index contributed by atoms with van der Waals surface area (Å²) in [4.78, 5) is 0. The van der Waals surface area contributed by atoms with E-state index in [0.29, 0.717) is 0 Å². The van der Waals surface area contributed by atoms with Crippen LogP contribution in [0.25, 0.3) is 0 Å². The third kappa shape index (κ3) is 1.91. The van der Waals surface area contributed by atoms with Gasteiger partial charge in [-0.25, -0.2) is 0 Å². The summed E-state index contributed by atoms with van der Waals surface area (Å²) in [6.45, 7) is 1.16. The zero-order valence-electron chi connectivity index (χ0n) is 7.87. The lowest BCUT2D eigenvalue weighted by atomic mass is 9.87. The smallest absolute Gasteiger partial charge is 0.112 e. The molecule has 0 aliphatic carbocycles. The van der Waals surface area contributed by atoms with Crippen molar-refractivity contribution < 1.29 is 25.2 Å². The molecule has 1 saturated heterocycles. The van der Waals surface area contributed by atoms with Gasteiger partial charge in [-0.2, -0.15) is 12.6 Å². The van der Waals surface area contributed by atoms with Crippen molar-refractivity contribution in [2.75, 3.05) is 12.4 Å². The minimum Gasteiger partial charge on any atom is -0.394 e. The first-order valence-electron chi connectivity index (χ1n) is 4.40. The Labute approximate surface area is 87.7 Å². The molecule has 0 radical (unpaired) electrons. The summed E-state index contributed by atoms with van der Waals surface area (Å²) in [6, 6.07) is 0. The number of ether oxygens (including phenoxy) is 1. The molecule has 1 unspecified atom stereocenters. The zero-order chi connectivity index (χ0) is 10.9. The molecule has 1 heterocycles. The van der Waals surface area contributed by atoms with Crippen molar-refractivity contribution in [2.45, 2.75) is 36.9 Å². The van der Waals surface area contributed by atoms with Crippen LogP contribution in [0, 0.1) is 0 Å². The molecule has 1 fully saturated rings. The van der Waals surface area contributed by atoms with Gasteiger partial charge in [0.05, 0.1) is 6.61 Å². The molecular weight excluding hydrogens is 208 g/mol. The Kier molecular flexibility index (Phi) is 3.79. The summed E-state index contributed by atoms with van der Waals surface area (Å²) in [7, 11) is 0. The highest BCUT2D eigenvalue weighted by molar-refractivity contribution is 7.80. The summed E-state index contributed by atoms with van der Waals surface area (Å²) < 4.78 is 5.28. The average Bonchev–Trinajstić information content (AvgIpc) is 2.20. The second kappa shape index (κ2) is 4.34. The molecule has 0 saturated carbocycles. The van der Waals surface area contributed by atoms with Crippen LogP contribution in [0.4, 0.5) is 0 Å². The van der Waals surface area contributed by atoms with E-state index < -0.39 is 36.6 Å². The van der Waals surface area contributed by atoms with Crippen molar-refractivity contribution in [1.82, 2.24) is 0 Å². The molecule has 84 valence electrons. The number of aliphatic hydroxyl groups excluding tert-OH is 4. The van der Waals surface area contributed by atoms with Crippen LogP contribution >= 0.6 is 12.6 Å². The Bertz CT molecular complexity index is 200. The minimum atomic E-state index is -1.32. The maximum Gasteiger partial charge on any atom is 0.112 e. The molecule has 1 aliphatic rings. The highest BCUT2D eigenvalue weighted by Crippen LogP contribution is 2.30. The highest BCUT2D eigenvalue weighted by Gasteiger charge is 2.49. The van der Waals surface area contributed by atoms with Gasteiger partial charge in [-0.15, -0.1) is 0 Å². The highest BCUT2D eigenvalue weighted by atomic mass is 32.1. The van der Waals surface area contributed by atoms with Gasteiger partial charge in [-0.05, 0) is 6.92 Å². The van der Waals surface area contributed by atoms with Gasteiger partial charge in [0.2, 0.25) is 0 Å². The Morgan fingerprint density at radius 3 is 2.29 bits per heavy atom. The second-order valence-electron chi connectivity index (χ2n) is 3.74. The number of thiol groups is 1. The summed E-state index contributed by atoms with van der Waals surface area (Å²) in [6.07, 6.45) is -4.69. The first kappa shape index (κ1) is 12.2. The number of rotatable bonds is 2. The van der Waals surface area contributed by atoms with Gasteiger partial charge in [0.15, 0.2) is 0 Å². The zero-order valence-corrected chi connectivity index (χ0v) is 8.76. The molecule has 5 nitrogen and oxygen atoms in total. The molecule has 0 spiro atoms. The fourth-order valence-electron chi connectivity index (χ4n) is 1.53. The van der Waals surface area contributed by atoms with Crippen LogP contribution < -0.4 is 0 Å². The van der Waals surface area contributed by atoms with E-state index >= 15 is 0 Å². The van der Waals surface area contributed by atoms with E-state index in [0.717, 1.165) is 0 Å². The lowest BCUT2D eigenvalue weighted by Crippen LogP contribution is -2.64. The minimum absolute atomic E-state index is 0.189. The Morgan fingerprint density at radius 1 is 1.29 bits per heavy atom. The van der Waals surface area contributed by atoms with E-state index in [1.165, 1.54) is 0 Å². The molecule has 0 aromatic heterocycles. The van der Waals surface area contributed by atoms with E-state index in [2.05, 4.69) is 12.6 Å². The van der Waals surface area contributed by atoms with Gasteiger partial charge in [0.25, 0.3) is 0 Å². The third-order valence-electron chi connectivity index (χ3n) is 2.59. The normalized spacial score (nSPS) is 49.3. The maximum atomic E-state index is 9.61.